The molecule has 1 aromatic carbocycles. The first kappa shape index (κ1) is 10.5. The van der Waals surface area contributed by atoms with E-state index in [4.69, 9.17) is 12.2 Å². The summed E-state index contributed by atoms with van der Waals surface area (Å²) in [7, 11) is 0. The molecule has 0 saturated heterocycles. The lowest BCUT2D eigenvalue weighted by Crippen LogP contribution is -2.13. The summed E-state index contributed by atoms with van der Waals surface area (Å²) < 4.78 is 2.15. The fraction of sp³-hybridized carbons (Fsp3) is 0.0909. The minimum absolute atomic E-state index is 0.517. The van der Waals surface area contributed by atoms with E-state index < -0.39 is 0 Å². The van der Waals surface area contributed by atoms with Crippen LogP contribution in [0.25, 0.3) is 0 Å². The molecule has 0 spiro atoms. The fourth-order valence-electron chi connectivity index (χ4n) is 1.15. The molecule has 4 nitrogen and oxygen atoms in total. The Hall–Kier alpha value is -2.06. The van der Waals surface area contributed by atoms with Crippen LogP contribution < -0.4 is 5.43 Å². The second-order valence-electron chi connectivity index (χ2n) is 3.03. The molecule has 2 aromatic rings. The number of rotatable bonds is 2. The van der Waals surface area contributed by atoms with E-state index >= 15 is 0 Å². The van der Waals surface area contributed by atoms with E-state index in [9.17, 15) is 0 Å². The van der Waals surface area contributed by atoms with E-state index in [1.54, 1.807) is 11.0 Å². The lowest BCUT2D eigenvalue weighted by Gasteiger charge is -1.99. The molecule has 0 fully saturated rings. The van der Waals surface area contributed by atoms with Gasteiger partial charge in [0.05, 0.1) is 6.54 Å². The van der Waals surface area contributed by atoms with Crippen molar-refractivity contribution in [3.63, 3.8) is 0 Å². The van der Waals surface area contributed by atoms with Crippen LogP contribution in [0.5, 0.6) is 0 Å². The number of hydrogen-bond acceptors (Lipinski definition) is 3. The van der Waals surface area contributed by atoms with Gasteiger partial charge in [0.25, 0.3) is 0 Å². The molecular weight excluding hydrogens is 220 g/mol. The predicted octanol–water partition coefficient (Wildman–Crippen LogP) is 1.54. The molecule has 0 unspecified atom stereocenters. The molecule has 0 amide bonds. The van der Waals surface area contributed by atoms with Crippen molar-refractivity contribution in [3.8, 4) is 11.8 Å². The highest BCUT2D eigenvalue weighted by Crippen LogP contribution is 1.94. The Kier molecular flexibility index (Phi) is 3.36. The van der Waals surface area contributed by atoms with Gasteiger partial charge in [-0.15, -0.1) is 0 Å². The van der Waals surface area contributed by atoms with Crippen molar-refractivity contribution < 1.29 is 0 Å². The number of benzene rings is 1. The molecule has 0 bridgehead atoms. The van der Waals surface area contributed by atoms with Crippen molar-refractivity contribution in [1.82, 2.24) is 14.9 Å². The van der Waals surface area contributed by atoms with E-state index in [-0.39, 0.29) is 0 Å². The minimum atomic E-state index is 0.517. The van der Waals surface area contributed by atoms with E-state index in [2.05, 4.69) is 27.5 Å². The van der Waals surface area contributed by atoms with Gasteiger partial charge in [-0.25, -0.2) is 4.68 Å². The molecule has 1 aromatic heterocycles. The Morgan fingerprint density at radius 1 is 1.38 bits per heavy atom. The highest BCUT2D eigenvalue weighted by atomic mass is 32.1. The number of nitrogens with one attached hydrogen (secondary N) is 2. The molecule has 0 atom stereocenters. The molecule has 1 heterocycles. The Morgan fingerprint density at radius 2 is 2.19 bits per heavy atom. The van der Waals surface area contributed by atoms with Gasteiger partial charge < -0.3 is 5.43 Å². The third kappa shape index (κ3) is 2.72. The second kappa shape index (κ2) is 5.14. The van der Waals surface area contributed by atoms with E-state index in [0.29, 0.717) is 11.3 Å². The van der Waals surface area contributed by atoms with Crippen molar-refractivity contribution in [3.05, 3.63) is 47.0 Å². The Labute approximate surface area is 98.3 Å². The first-order valence-electron chi connectivity index (χ1n) is 4.76. The Balaban J connectivity index is 1.92. The first-order valence-corrected chi connectivity index (χ1v) is 5.17. The third-order valence-electron chi connectivity index (χ3n) is 1.90. The first-order chi connectivity index (χ1) is 7.86. The molecule has 2 rings (SSSR count). The number of hydrogen-bond donors (Lipinski definition) is 2. The molecule has 2 N–H and O–H groups in total. The van der Waals surface area contributed by atoms with Gasteiger partial charge in [0.15, 0.2) is 0 Å². The van der Waals surface area contributed by atoms with Gasteiger partial charge in [-0.1, -0.05) is 30.0 Å². The maximum atomic E-state index is 4.96. The van der Waals surface area contributed by atoms with Crippen LogP contribution in [-0.2, 0) is 0 Å². The van der Waals surface area contributed by atoms with Crippen molar-refractivity contribution in [2.75, 3.05) is 12.0 Å². The molecule has 5 heteroatoms. The largest absolute Gasteiger partial charge is 0.310 e. The molecule has 0 aliphatic rings. The summed E-state index contributed by atoms with van der Waals surface area (Å²) >= 11 is 4.96. The van der Waals surface area contributed by atoms with Gasteiger partial charge in [-0.05, 0) is 24.4 Å². The van der Waals surface area contributed by atoms with Crippen LogP contribution in [0.15, 0.2) is 36.7 Å². The van der Waals surface area contributed by atoms with Gasteiger partial charge >= 0.3 is 0 Å². The predicted molar refractivity (Wildman–Crippen MR) is 65.0 cm³/mol. The Bertz CT molecular complexity index is 559. The van der Waals surface area contributed by atoms with Crippen LogP contribution in [0.4, 0.5) is 0 Å². The summed E-state index contributed by atoms with van der Waals surface area (Å²) in [6.45, 7) is 0.517. The summed E-state index contributed by atoms with van der Waals surface area (Å²) in [6, 6.07) is 9.83. The quantitative estimate of drug-likeness (QED) is 0.607. The lowest BCUT2D eigenvalue weighted by molar-refractivity contribution is 0.877. The number of aromatic amines is 1. The van der Waals surface area contributed by atoms with Crippen LogP contribution >= 0.6 is 12.2 Å². The summed E-state index contributed by atoms with van der Waals surface area (Å²) in [6.07, 6.45) is 1.58. The maximum absolute atomic E-state index is 4.96. The third-order valence-corrected chi connectivity index (χ3v) is 2.18. The van der Waals surface area contributed by atoms with Crippen LogP contribution in [0.2, 0.25) is 0 Å². The van der Waals surface area contributed by atoms with E-state index in [0.717, 1.165) is 5.56 Å². The standard InChI is InChI=1S/C11H10N4S/c16-11-14-12-9-15(11)13-8-4-7-10-5-2-1-3-6-10/h1-3,5-6,9,13H,8H2,(H,14,16). The molecule has 0 radical (unpaired) electrons. The SMILES string of the molecule is S=c1[nH]ncn1NCC#Cc1ccccc1. The fourth-order valence-corrected chi connectivity index (χ4v) is 1.32. The smallest absolute Gasteiger partial charge is 0.214 e. The molecule has 16 heavy (non-hydrogen) atoms. The molecule has 0 saturated carbocycles. The normalized spacial score (nSPS) is 9.25. The van der Waals surface area contributed by atoms with Crippen molar-refractivity contribution in [2.24, 2.45) is 0 Å². The zero-order chi connectivity index (χ0) is 11.2. The highest BCUT2D eigenvalue weighted by Gasteiger charge is 1.88. The van der Waals surface area contributed by atoms with Crippen molar-refractivity contribution in [1.29, 1.82) is 0 Å². The van der Waals surface area contributed by atoms with Crippen LogP contribution in [0, 0.1) is 16.6 Å². The van der Waals surface area contributed by atoms with Crippen molar-refractivity contribution in [2.45, 2.75) is 0 Å². The molecule has 80 valence electrons. The van der Waals surface area contributed by atoms with Crippen LogP contribution in [0.3, 0.4) is 0 Å². The maximum Gasteiger partial charge on any atom is 0.214 e. The summed E-state index contributed by atoms with van der Waals surface area (Å²) in [5, 5.41) is 6.43. The monoisotopic (exact) mass is 230 g/mol. The lowest BCUT2D eigenvalue weighted by atomic mass is 10.2. The van der Waals surface area contributed by atoms with Crippen LogP contribution in [0.1, 0.15) is 5.56 Å². The van der Waals surface area contributed by atoms with Crippen molar-refractivity contribution >= 4 is 12.2 Å². The number of aromatic nitrogens is 3. The van der Waals surface area contributed by atoms with Gasteiger partial charge in [-0.3, -0.25) is 5.10 Å². The zero-order valence-electron chi connectivity index (χ0n) is 8.47. The topological polar surface area (TPSA) is 45.6 Å². The van der Waals surface area contributed by atoms with Gasteiger partial charge in [0.2, 0.25) is 4.77 Å². The number of H-pyrrole nitrogens is 1. The Morgan fingerprint density at radius 3 is 2.88 bits per heavy atom. The summed E-state index contributed by atoms with van der Waals surface area (Å²) in [5.41, 5.74) is 4.01. The zero-order valence-corrected chi connectivity index (χ0v) is 9.29. The van der Waals surface area contributed by atoms with E-state index in [1.807, 2.05) is 30.3 Å². The molecule has 0 aliphatic heterocycles. The van der Waals surface area contributed by atoms with Gasteiger partial charge in [0.1, 0.15) is 6.33 Å². The summed E-state index contributed by atoms with van der Waals surface area (Å²) in [4.78, 5) is 0. The molecular formula is C11H10N4S. The highest BCUT2D eigenvalue weighted by molar-refractivity contribution is 7.71. The average Bonchev–Trinajstić information content (AvgIpc) is 2.72. The van der Waals surface area contributed by atoms with E-state index in [1.165, 1.54) is 0 Å². The van der Waals surface area contributed by atoms with Gasteiger partial charge in [-0.2, -0.15) is 5.10 Å². The summed E-state index contributed by atoms with van der Waals surface area (Å²) in [5.74, 6) is 6.03. The number of nitrogens with zero attached hydrogens (tertiary/aromatic N) is 2. The second-order valence-corrected chi connectivity index (χ2v) is 3.42. The molecule has 0 aliphatic carbocycles. The average molecular weight is 230 g/mol. The minimum Gasteiger partial charge on any atom is -0.310 e. The van der Waals surface area contributed by atoms with Gasteiger partial charge in [0, 0.05) is 5.56 Å². The van der Waals surface area contributed by atoms with Crippen LogP contribution in [-0.4, -0.2) is 21.4 Å².